The molecule has 126 valence electrons. The minimum absolute atomic E-state index is 0.0179. The van der Waals surface area contributed by atoms with Crippen molar-refractivity contribution in [2.75, 3.05) is 5.75 Å². The Morgan fingerprint density at radius 1 is 0.800 bits per heavy atom. The zero-order valence-electron chi connectivity index (χ0n) is 13.4. The van der Waals surface area contributed by atoms with Crippen molar-refractivity contribution < 1.29 is 9.72 Å². The Labute approximate surface area is 151 Å². The van der Waals surface area contributed by atoms with Crippen LogP contribution in [0.5, 0.6) is 0 Å². The quantitative estimate of drug-likeness (QED) is 0.309. The second-order valence-electron chi connectivity index (χ2n) is 5.12. The van der Waals surface area contributed by atoms with Gasteiger partial charge >= 0.3 is 0 Å². The lowest BCUT2D eigenvalue weighted by Gasteiger charge is -1.98. The molecule has 0 fully saturated rings. The van der Waals surface area contributed by atoms with E-state index >= 15 is 0 Å². The van der Waals surface area contributed by atoms with Gasteiger partial charge in [-0.3, -0.25) is 14.9 Å². The minimum Gasteiger partial charge on any atom is -0.293 e. The highest BCUT2D eigenvalue weighted by molar-refractivity contribution is 7.81. The van der Waals surface area contributed by atoms with Gasteiger partial charge in [-0.2, -0.15) is 12.6 Å². The number of benzene rings is 3. The molecule has 0 aliphatic carbocycles. The molecule has 25 heavy (non-hydrogen) atoms. The highest BCUT2D eigenvalue weighted by Gasteiger charge is 2.07. The molecule has 0 heterocycles. The van der Waals surface area contributed by atoms with Crippen LogP contribution >= 0.6 is 12.6 Å². The Balaban J connectivity index is 0.000000181. The molecule has 0 amide bonds. The molecule has 4 nitrogen and oxygen atoms in total. The number of carbonyl (C=O) groups excluding carboxylic acids is 1. The molecule has 0 N–H and O–H groups in total. The monoisotopic (exact) mass is 351 g/mol. The van der Waals surface area contributed by atoms with Gasteiger partial charge in [0.2, 0.25) is 0 Å². The number of hydrogen-bond acceptors (Lipinski definition) is 4. The summed E-state index contributed by atoms with van der Waals surface area (Å²) in [6.07, 6.45) is 0. The Kier molecular flexibility index (Phi) is 6.92. The van der Waals surface area contributed by atoms with Crippen LogP contribution in [0.3, 0.4) is 0 Å². The van der Waals surface area contributed by atoms with Crippen LogP contribution < -0.4 is 0 Å². The van der Waals surface area contributed by atoms with Crippen molar-refractivity contribution in [2.45, 2.75) is 0 Å². The standard InChI is InChI=1S/C12H10.C8H7NO3S/c1-3-7-11(8-4-1)12-9-5-2-6-10-12;10-8(5-13)6-1-3-7(4-2-6)9(11)12/h1-10H;1-4,13H,5H2. The Morgan fingerprint density at radius 3 is 1.60 bits per heavy atom. The third-order valence-electron chi connectivity index (χ3n) is 3.42. The van der Waals surface area contributed by atoms with E-state index in [1.54, 1.807) is 0 Å². The van der Waals surface area contributed by atoms with Gasteiger partial charge in [0, 0.05) is 17.7 Å². The average Bonchev–Trinajstić information content (AvgIpc) is 2.69. The normalized spacial score (nSPS) is 9.64. The van der Waals surface area contributed by atoms with Gasteiger partial charge in [0.05, 0.1) is 10.7 Å². The molecule has 0 saturated heterocycles. The van der Waals surface area contributed by atoms with Crippen LogP contribution in [0.15, 0.2) is 84.9 Å². The topological polar surface area (TPSA) is 60.2 Å². The van der Waals surface area contributed by atoms with E-state index in [-0.39, 0.29) is 17.2 Å². The van der Waals surface area contributed by atoms with E-state index in [0.29, 0.717) is 5.56 Å². The zero-order chi connectivity index (χ0) is 18.1. The molecule has 0 atom stereocenters. The summed E-state index contributed by atoms with van der Waals surface area (Å²) in [6.45, 7) is 0. The van der Waals surface area contributed by atoms with Crippen LogP contribution in [0.1, 0.15) is 10.4 Å². The van der Waals surface area contributed by atoms with Gasteiger partial charge in [-0.25, -0.2) is 0 Å². The molecule has 3 aromatic carbocycles. The first-order valence-corrected chi connectivity index (χ1v) is 8.24. The fourth-order valence-corrected chi connectivity index (χ4v) is 2.30. The number of nitro groups is 1. The number of non-ortho nitro benzene ring substituents is 1. The summed E-state index contributed by atoms with van der Waals surface area (Å²) in [6, 6.07) is 26.2. The number of nitro benzene ring substituents is 1. The van der Waals surface area contributed by atoms with Crippen molar-refractivity contribution in [3.05, 3.63) is 101 Å². The first-order valence-electron chi connectivity index (χ1n) is 7.61. The van der Waals surface area contributed by atoms with Crippen molar-refractivity contribution in [1.82, 2.24) is 0 Å². The van der Waals surface area contributed by atoms with Crippen LogP contribution in [0.4, 0.5) is 5.69 Å². The Hall–Kier alpha value is -2.92. The SMILES string of the molecule is O=C(CS)c1ccc([N+](=O)[O-])cc1.c1ccc(-c2ccccc2)cc1. The fourth-order valence-electron chi connectivity index (χ4n) is 2.12. The van der Waals surface area contributed by atoms with Crippen molar-refractivity contribution in [2.24, 2.45) is 0 Å². The van der Waals surface area contributed by atoms with Gasteiger partial charge in [-0.1, -0.05) is 60.7 Å². The lowest BCUT2D eigenvalue weighted by atomic mass is 10.1. The summed E-state index contributed by atoms with van der Waals surface area (Å²) >= 11 is 3.81. The van der Waals surface area contributed by atoms with E-state index < -0.39 is 4.92 Å². The molecule has 0 radical (unpaired) electrons. The van der Waals surface area contributed by atoms with Crippen molar-refractivity contribution in [1.29, 1.82) is 0 Å². The number of ketones is 1. The summed E-state index contributed by atoms with van der Waals surface area (Å²) in [5.74, 6) is -0.0316. The summed E-state index contributed by atoms with van der Waals surface area (Å²) < 4.78 is 0. The number of thiol groups is 1. The zero-order valence-corrected chi connectivity index (χ0v) is 14.3. The minimum atomic E-state index is -0.505. The van der Waals surface area contributed by atoms with E-state index in [2.05, 4.69) is 61.2 Å². The van der Waals surface area contributed by atoms with Gasteiger partial charge in [0.15, 0.2) is 5.78 Å². The van der Waals surface area contributed by atoms with Crippen LogP contribution in [-0.4, -0.2) is 16.5 Å². The van der Waals surface area contributed by atoms with E-state index in [4.69, 9.17) is 0 Å². The first-order chi connectivity index (χ1) is 12.1. The second-order valence-corrected chi connectivity index (χ2v) is 5.43. The summed E-state index contributed by atoms with van der Waals surface area (Å²) in [4.78, 5) is 20.8. The predicted octanol–water partition coefficient (Wildman–Crippen LogP) is 5.06. The number of rotatable bonds is 4. The number of hydrogen-bond donors (Lipinski definition) is 1. The lowest BCUT2D eigenvalue weighted by Crippen LogP contribution is -1.99. The fraction of sp³-hybridized carbons (Fsp3) is 0.0500. The van der Waals surface area contributed by atoms with Crippen LogP contribution in [0.2, 0.25) is 0 Å². The summed E-state index contributed by atoms with van der Waals surface area (Å²) in [5.41, 5.74) is 2.98. The molecule has 0 unspecified atom stereocenters. The molecule has 0 aromatic heterocycles. The van der Waals surface area contributed by atoms with Gasteiger partial charge < -0.3 is 0 Å². The van der Waals surface area contributed by atoms with Crippen LogP contribution in [0, 0.1) is 10.1 Å². The highest BCUT2D eigenvalue weighted by Crippen LogP contribution is 2.17. The van der Waals surface area contributed by atoms with E-state index in [0.717, 1.165) is 0 Å². The van der Waals surface area contributed by atoms with E-state index in [1.165, 1.54) is 35.4 Å². The molecule has 0 saturated carbocycles. The molecule has 0 aliphatic heterocycles. The second kappa shape index (κ2) is 9.39. The molecule has 3 aromatic rings. The molecule has 0 aliphatic rings. The Morgan fingerprint density at radius 2 is 1.24 bits per heavy atom. The van der Waals surface area contributed by atoms with Gasteiger partial charge in [-0.05, 0) is 23.3 Å². The molecule has 0 bridgehead atoms. The average molecular weight is 351 g/mol. The maximum atomic E-state index is 11.0. The molecule has 3 rings (SSSR count). The van der Waals surface area contributed by atoms with Crippen LogP contribution in [-0.2, 0) is 0 Å². The molecule has 0 spiro atoms. The Bertz CT molecular complexity index is 781. The summed E-state index contributed by atoms with van der Waals surface area (Å²) in [7, 11) is 0. The largest absolute Gasteiger partial charge is 0.293 e. The van der Waals surface area contributed by atoms with E-state index in [9.17, 15) is 14.9 Å². The molecule has 5 heteroatoms. The van der Waals surface area contributed by atoms with Crippen LogP contribution in [0.25, 0.3) is 11.1 Å². The first kappa shape index (κ1) is 18.4. The third kappa shape index (κ3) is 5.58. The van der Waals surface area contributed by atoms with Crippen molar-refractivity contribution in [3.63, 3.8) is 0 Å². The number of carbonyl (C=O) groups is 1. The molecular weight excluding hydrogens is 334 g/mol. The lowest BCUT2D eigenvalue weighted by molar-refractivity contribution is -0.384. The highest BCUT2D eigenvalue weighted by atomic mass is 32.1. The third-order valence-corrected chi connectivity index (χ3v) is 3.71. The van der Waals surface area contributed by atoms with E-state index in [1.807, 2.05) is 12.1 Å². The predicted molar refractivity (Wildman–Crippen MR) is 103 cm³/mol. The van der Waals surface area contributed by atoms with Crippen molar-refractivity contribution in [3.8, 4) is 11.1 Å². The number of nitrogens with zero attached hydrogens (tertiary/aromatic N) is 1. The maximum Gasteiger partial charge on any atom is 0.269 e. The maximum absolute atomic E-state index is 11.0. The van der Waals surface area contributed by atoms with Gasteiger partial charge in [0.1, 0.15) is 0 Å². The van der Waals surface area contributed by atoms with Gasteiger partial charge in [0.25, 0.3) is 5.69 Å². The number of Topliss-reactive ketones (excluding diaryl/α,β-unsaturated/α-hetero) is 1. The van der Waals surface area contributed by atoms with Gasteiger partial charge in [-0.15, -0.1) is 0 Å². The molecular formula is C20H17NO3S. The smallest absolute Gasteiger partial charge is 0.269 e. The summed E-state index contributed by atoms with van der Waals surface area (Å²) in [5, 5.41) is 10.3. The van der Waals surface area contributed by atoms with Crippen molar-refractivity contribution >= 4 is 24.1 Å².